The Bertz CT molecular complexity index is 880. The maximum atomic E-state index is 11.7. The van der Waals surface area contributed by atoms with Crippen LogP contribution >= 0.6 is 0 Å². The molecule has 14 heteroatoms. The van der Waals surface area contributed by atoms with Crippen molar-refractivity contribution in [1.82, 2.24) is 15.3 Å². The molecule has 37 heavy (non-hydrogen) atoms. The van der Waals surface area contributed by atoms with Crippen molar-refractivity contribution in [3.63, 3.8) is 0 Å². The maximum Gasteiger partial charge on any atom is 0.325 e. The van der Waals surface area contributed by atoms with Crippen molar-refractivity contribution in [2.24, 2.45) is 27.9 Å². The third-order valence-electron chi connectivity index (χ3n) is 4.00. The molecule has 1 aromatic heterocycles. The zero-order valence-electron chi connectivity index (χ0n) is 22.7. The number of aliphatic imine (C=N–C) groups is 1. The molecule has 1 aliphatic rings. The van der Waals surface area contributed by atoms with E-state index in [0.29, 0.717) is 37.7 Å². The number of nitrogens with one attached hydrogen (secondary N) is 3. The van der Waals surface area contributed by atoms with Gasteiger partial charge in [-0.2, -0.15) is 0 Å². The summed E-state index contributed by atoms with van der Waals surface area (Å²) in [7, 11) is 1.50. The second kappa shape index (κ2) is 25.6. The number of hydrogen-bond acceptors (Lipinski definition) is 8. The van der Waals surface area contributed by atoms with E-state index in [-0.39, 0.29) is 37.4 Å². The van der Waals surface area contributed by atoms with Crippen LogP contribution in [0.25, 0.3) is 0 Å². The van der Waals surface area contributed by atoms with Gasteiger partial charge in [0, 0.05) is 25.6 Å². The number of carbonyl (C=O) groups is 3. The van der Waals surface area contributed by atoms with E-state index in [1.165, 1.54) is 19.7 Å². The lowest BCUT2D eigenvalue weighted by Gasteiger charge is -2.14. The number of nitrogens with zero attached hydrogens (tertiary/aromatic N) is 1. The zero-order valence-corrected chi connectivity index (χ0v) is 22.7. The Labute approximate surface area is 218 Å². The Morgan fingerprint density at radius 3 is 2.19 bits per heavy atom. The number of H-pyrrole nitrogens is 2. The molecule has 1 saturated heterocycles. The Morgan fingerprint density at radius 2 is 1.73 bits per heavy atom. The molecular weight excluding hydrogens is 484 g/mol. The fraction of sp³-hybridized carbons (Fsp3) is 0.652. The van der Waals surface area contributed by atoms with Gasteiger partial charge in [0.05, 0.1) is 24.3 Å². The first-order valence-corrected chi connectivity index (χ1v) is 12.2. The highest BCUT2D eigenvalue weighted by Gasteiger charge is 2.28. The smallest absolute Gasteiger partial charge is 0.325 e. The molecule has 1 fully saturated rings. The van der Waals surface area contributed by atoms with Crippen molar-refractivity contribution in [1.29, 1.82) is 0 Å². The van der Waals surface area contributed by atoms with Gasteiger partial charge in [-0.3, -0.25) is 19.4 Å². The fourth-order valence-electron chi connectivity index (χ4n) is 2.63. The van der Waals surface area contributed by atoms with Crippen molar-refractivity contribution in [2.45, 2.75) is 78.4 Å². The number of aldehydes is 1. The number of ether oxygens (including phenoxy) is 1. The SMILES string of the molecule is CC.CCC.CN.NC(=O)CCCC(=O)NCC1CCC(c2c[nH]c(=O)[nH]c2=O)O1.NC(N)=NCC=O. The molecule has 0 aliphatic carbocycles. The van der Waals surface area contributed by atoms with Gasteiger partial charge in [0.2, 0.25) is 11.8 Å². The molecule has 1 aliphatic heterocycles. The maximum absolute atomic E-state index is 11.7. The molecule has 1 aromatic rings. The van der Waals surface area contributed by atoms with Crippen LogP contribution in [0.2, 0.25) is 0 Å². The standard InChI is InChI=1S/C14H20N4O5.C3H7N3O.C3H8.C2H6.CH5N/c15-11(19)2-1-3-12(20)16-6-8-4-5-10(23-8)9-7-17-14(22)18-13(9)21;4-3(5)6-1-2-7;1-3-2;2*1-2/h7-8,10H,1-6H2,(H2,15,19)(H,16,20)(H2,17,18,21,22);2H,1H2,(H4,4,5,6);3H2,1-2H3;1-2H3;2H2,1H3. The van der Waals surface area contributed by atoms with E-state index >= 15 is 0 Å². The topological polar surface area (TPSA) is 255 Å². The summed E-state index contributed by atoms with van der Waals surface area (Å²) >= 11 is 0. The number of amides is 2. The van der Waals surface area contributed by atoms with Crippen molar-refractivity contribution in [3.8, 4) is 0 Å². The van der Waals surface area contributed by atoms with Gasteiger partial charge >= 0.3 is 5.69 Å². The molecule has 214 valence electrons. The summed E-state index contributed by atoms with van der Waals surface area (Å²) in [6, 6.07) is 0. The molecule has 2 unspecified atom stereocenters. The number of hydrogen-bond donors (Lipinski definition) is 7. The third kappa shape index (κ3) is 21.5. The molecule has 0 bridgehead atoms. The molecule has 2 heterocycles. The number of carbonyl (C=O) groups excluding carboxylic acids is 3. The summed E-state index contributed by atoms with van der Waals surface area (Å²) < 4.78 is 5.73. The van der Waals surface area contributed by atoms with Crippen molar-refractivity contribution >= 4 is 24.1 Å². The van der Waals surface area contributed by atoms with Gasteiger partial charge in [0.25, 0.3) is 5.56 Å². The lowest BCUT2D eigenvalue weighted by molar-refractivity contribution is -0.122. The highest BCUT2D eigenvalue weighted by atomic mass is 16.5. The first-order chi connectivity index (χ1) is 17.6. The first-order valence-electron chi connectivity index (χ1n) is 12.2. The van der Waals surface area contributed by atoms with Gasteiger partial charge in [-0.15, -0.1) is 0 Å². The average molecular weight is 531 g/mol. The molecule has 2 atom stereocenters. The van der Waals surface area contributed by atoms with E-state index in [2.05, 4.69) is 39.9 Å². The van der Waals surface area contributed by atoms with Gasteiger partial charge in [0.1, 0.15) is 6.29 Å². The highest BCUT2D eigenvalue weighted by molar-refractivity contribution is 5.78. The number of nitrogens with two attached hydrogens (primary N) is 4. The summed E-state index contributed by atoms with van der Waals surface area (Å²) in [5.41, 5.74) is 18.6. The molecule has 14 nitrogen and oxygen atoms in total. The van der Waals surface area contributed by atoms with Crippen LogP contribution in [0.15, 0.2) is 20.8 Å². The van der Waals surface area contributed by atoms with Gasteiger partial charge in [-0.05, 0) is 26.3 Å². The van der Waals surface area contributed by atoms with Crippen LogP contribution in [-0.2, 0) is 19.1 Å². The number of rotatable bonds is 9. The second-order valence-corrected chi connectivity index (χ2v) is 7.11. The predicted octanol–water partition coefficient (Wildman–Crippen LogP) is -0.469. The monoisotopic (exact) mass is 530 g/mol. The van der Waals surface area contributed by atoms with E-state index in [1.54, 1.807) is 0 Å². The summed E-state index contributed by atoms with van der Waals surface area (Å²) in [4.78, 5) is 62.3. The van der Waals surface area contributed by atoms with Gasteiger partial charge < -0.3 is 42.8 Å². The second-order valence-electron chi connectivity index (χ2n) is 7.11. The van der Waals surface area contributed by atoms with E-state index in [0.717, 1.165) is 0 Å². The van der Waals surface area contributed by atoms with Crippen LogP contribution in [0.1, 0.15) is 77.9 Å². The van der Waals surface area contributed by atoms with Crippen molar-refractivity contribution < 1.29 is 19.1 Å². The minimum atomic E-state index is -0.559. The van der Waals surface area contributed by atoms with E-state index < -0.39 is 23.3 Å². The van der Waals surface area contributed by atoms with Crippen molar-refractivity contribution in [3.05, 3.63) is 32.6 Å². The van der Waals surface area contributed by atoms with Crippen LogP contribution in [0.5, 0.6) is 0 Å². The van der Waals surface area contributed by atoms with Crippen LogP contribution in [0.3, 0.4) is 0 Å². The minimum Gasteiger partial charge on any atom is -0.370 e. The van der Waals surface area contributed by atoms with Crippen molar-refractivity contribution in [2.75, 3.05) is 20.1 Å². The van der Waals surface area contributed by atoms with E-state index in [4.69, 9.17) is 21.9 Å². The summed E-state index contributed by atoms with van der Waals surface area (Å²) in [5.74, 6) is -0.641. The Kier molecular flexibility index (Phi) is 26.3. The molecule has 0 aromatic carbocycles. The molecule has 11 N–H and O–H groups in total. The van der Waals surface area contributed by atoms with Crippen LogP contribution in [0.4, 0.5) is 0 Å². The molecule has 0 saturated carbocycles. The molecular formula is C23H46N8O6. The first kappa shape index (κ1) is 38.0. The highest BCUT2D eigenvalue weighted by Crippen LogP contribution is 2.30. The van der Waals surface area contributed by atoms with Gasteiger partial charge in [-0.25, -0.2) is 9.79 Å². The van der Waals surface area contributed by atoms with Gasteiger partial charge in [-0.1, -0.05) is 34.1 Å². The number of primary amides is 1. The number of guanidine groups is 1. The van der Waals surface area contributed by atoms with Gasteiger partial charge in [0.15, 0.2) is 5.96 Å². The Balaban J connectivity index is -0.000000690. The summed E-state index contributed by atoms with van der Waals surface area (Å²) in [5, 5.41) is 2.73. The van der Waals surface area contributed by atoms with Crippen LogP contribution in [-0.4, -0.2) is 60.3 Å². The van der Waals surface area contributed by atoms with Crippen LogP contribution in [0, 0.1) is 0 Å². The number of aromatic nitrogens is 2. The average Bonchev–Trinajstić information content (AvgIpc) is 3.33. The van der Waals surface area contributed by atoms with E-state index in [9.17, 15) is 24.0 Å². The summed E-state index contributed by atoms with van der Waals surface area (Å²) in [6.07, 6.45) is 4.82. The quantitative estimate of drug-likeness (QED) is 0.123. The predicted molar refractivity (Wildman–Crippen MR) is 145 cm³/mol. The lowest BCUT2D eigenvalue weighted by Crippen LogP contribution is -2.32. The fourth-order valence-corrected chi connectivity index (χ4v) is 2.63. The Morgan fingerprint density at radius 1 is 1.14 bits per heavy atom. The minimum absolute atomic E-state index is 0.0490. The normalized spacial score (nSPS) is 14.9. The summed E-state index contributed by atoms with van der Waals surface area (Å²) in [6.45, 7) is 8.65. The lowest BCUT2D eigenvalue weighted by atomic mass is 10.1. The zero-order chi connectivity index (χ0) is 29.2. The molecule has 2 amide bonds. The molecule has 0 spiro atoms. The van der Waals surface area contributed by atoms with E-state index in [1.807, 2.05) is 13.8 Å². The third-order valence-corrected chi connectivity index (χ3v) is 4.00. The largest absolute Gasteiger partial charge is 0.370 e. The molecule has 2 rings (SSSR count). The Hall–Kier alpha value is -3.52. The van der Waals surface area contributed by atoms with Crippen LogP contribution < -0.4 is 39.5 Å². The number of aromatic amines is 2. The molecule has 0 radical (unpaired) electrons.